The molecule has 0 aliphatic heterocycles. The predicted molar refractivity (Wildman–Crippen MR) is 104 cm³/mol. The number of rotatable bonds is 8. The van der Waals surface area contributed by atoms with Crippen LogP contribution in [0.1, 0.15) is 18.1 Å². The minimum atomic E-state index is -4.18. The van der Waals surface area contributed by atoms with E-state index in [1.165, 1.54) is 52.1 Å². The Kier molecular flexibility index (Phi) is 6.32. The van der Waals surface area contributed by atoms with Crippen LogP contribution in [-0.4, -0.2) is 37.6 Å². The average molecular weight is 424 g/mol. The monoisotopic (exact) mass is 424 g/mol. The molecule has 0 saturated heterocycles. The summed E-state index contributed by atoms with van der Waals surface area (Å²) in [5, 5.41) is 20.2. The van der Waals surface area contributed by atoms with Crippen LogP contribution < -0.4 is 14.2 Å². The summed E-state index contributed by atoms with van der Waals surface area (Å²) in [6.45, 7) is 4.38. The standard InChI is InChI=1S/C18H20N2O8S/c1-10-7-14(28-12(3)18(21)22)8-11(2)17(10)29(25,26)19-15-6-5-13(27-4)9-16(15)20(23)24/h5-9,12,19H,1-4H3,(H,21,22). The van der Waals surface area contributed by atoms with Crippen LogP contribution in [0.2, 0.25) is 0 Å². The van der Waals surface area contributed by atoms with Gasteiger partial charge in [-0.25, -0.2) is 13.2 Å². The van der Waals surface area contributed by atoms with Gasteiger partial charge in [-0.15, -0.1) is 0 Å². The molecule has 2 aromatic carbocycles. The number of nitrogens with one attached hydrogen (secondary N) is 1. The first-order valence-electron chi connectivity index (χ1n) is 8.32. The van der Waals surface area contributed by atoms with E-state index in [4.69, 9.17) is 14.6 Å². The number of nitro groups is 1. The van der Waals surface area contributed by atoms with E-state index in [0.29, 0.717) is 11.1 Å². The Bertz CT molecular complexity index is 1040. The fourth-order valence-electron chi connectivity index (χ4n) is 2.73. The van der Waals surface area contributed by atoms with Gasteiger partial charge in [-0.1, -0.05) is 0 Å². The van der Waals surface area contributed by atoms with Crippen LogP contribution in [0.4, 0.5) is 11.4 Å². The third kappa shape index (κ3) is 4.93. The molecule has 1 unspecified atom stereocenters. The van der Waals surface area contributed by atoms with E-state index < -0.39 is 32.7 Å². The van der Waals surface area contributed by atoms with E-state index in [-0.39, 0.29) is 22.1 Å². The Balaban J connectivity index is 2.44. The van der Waals surface area contributed by atoms with E-state index in [2.05, 4.69) is 4.72 Å². The Morgan fingerprint density at radius 1 is 1.17 bits per heavy atom. The number of carbonyl (C=O) groups is 1. The van der Waals surface area contributed by atoms with Gasteiger partial charge >= 0.3 is 5.97 Å². The zero-order valence-electron chi connectivity index (χ0n) is 16.1. The number of carboxylic acid groups (broad SMARTS) is 1. The van der Waals surface area contributed by atoms with Crippen LogP contribution >= 0.6 is 0 Å². The number of sulfonamides is 1. The molecule has 10 nitrogen and oxygen atoms in total. The number of nitro benzene ring substituents is 1. The van der Waals surface area contributed by atoms with Crippen LogP contribution in [0, 0.1) is 24.0 Å². The Hall–Kier alpha value is -3.34. The van der Waals surface area contributed by atoms with Gasteiger partial charge in [-0.3, -0.25) is 14.8 Å². The third-order valence-corrected chi connectivity index (χ3v) is 5.68. The third-order valence-electron chi connectivity index (χ3n) is 4.01. The lowest BCUT2D eigenvalue weighted by Crippen LogP contribution is -2.23. The van der Waals surface area contributed by atoms with Crippen molar-refractivity contribution in [2.75, 3.05) is 11.8 Å². The molecule has 2 rings (SSSR count). The highest BCUT2D eigenvalue weighted by molar-refractivity contribution is 7.92. The SMILES string of the molecule is COc1ccc(NS(=O)(=O)c2c(C)cc(OC(C)C(=O)O)cc2C)c([N+](=O)[O-])c1. The highest BCUT2D eigenvalue weighted by atomic mass is 32.2. The summed E-state index contributed by atoms with van der Waals surface area (Å²) in [5.74, 6) is -0.754. The molecule has 2 N–H and O–H groups in total. The van der Waals surface area contributed by atoms with Crippen LogP contribution in [-0.2, 0) is 14.8 Å². The minimum Gasteiger partial charge on any atom is -0.496 e. The lowest BCUT2D eigenvalue weighted by molar-refractivity contribution is -0.384. The Labute approximate surface area is 167 Å². The van der Waals surface area contributed by atoms with Crippen molar-refractivity contribution in [1.29, 1.82) is 0 Å². The second kappa shape index (κ2) is 8.35. The number of methoxy groups -OCH3 is 1. The fraction of sp³-hybridized carbons (Fsp3) is 0.278. The molecule has 0 radical (unpaired) electrons. The molecule has 156 valence electrons. The maximum absolute atomic E-state index is 12.9. The second-order valence-corrected chi connectivity index (χ2v) is 7.85. The number of nitrogens with zero attached hydrogens (tertiary/aromatic N) is 1. The summed E-state index contributed by atoms with van der Waals surface area (Å²) < 4.78 is 38.3. The topological polar surface area (TPSA) is 145 Å². The lowest BCUT2D eigenvalue weighted by atomic mass is 10.1. The van der Waals surface area contributed by atoms with Crippen molar-refractivity contribution in [3.05, 3.63) is 51.6 Å². The van der Waals surface area contributed by atoms with E-state index in [0.717, 1.165) is 6.07 Å². The molecule has 2 aromatic rings. The summed E-state index contributed by atoms with van der Waals surface area (Å²) in [4.78, 5) is 21.4. The first-order chi connectivity index (χ1) is 13.5. The van der Waals surface area contributed by atoms with Gasteiger partial charge in [0.25, 0.3) is 15.7 Å². The summed E-state index contributed by atoms with van der Waals surface area (Å²) in [5.41, 5.74) is -0.0876. The molecule has 11 heteroatoms. The van der Waals surface area contributed by atoms with Crippen molar-refractivity contribution >= 4 is 27.4 Å². The summed E-state index contributed by atoms with van der Waals surface area (Å²) >= 11 is 0. The number of aliphatic carboxylic acids is 1. The van der Waals surface area contributed by atoms with E-state index in [1.54, 1.807) is 0 Å². The molecule has 0 aliphatic rings. The quantitative estimate of drug-likeness (QED) is 0.486. The van der Waals surface area contributed by atoms with Gasteiger partial charge in [-0.2, -0.15) is 0 Å². The number of anilines is 1. The number of carboxylic acids is 1. The van der Waals surface area contributed by atoms with E-state index in [1.807, 2.05) is 0 Å². The van der Waals surface area contributed by atoms with Crippen molar-refractivity contribution in [3.63, 3.8) is 0 Å². The molecule has 0 aliphatic carbocycles. The number of benzene rings is 2. The van der Waals surface area contributed by atoms with Gasteiger partial charge in [0.05, 0.1) is 23.0 Å². The number of ether oxygens (including phenoxy) is 2. The smallest absolute Gasteiger partial charge is 0.344 e. The Morgan fingerprint density at radius 3 is 2.24 bits per heavy atom. The largest absolute Gasteiger partial charge is 0.496 e. The first-order valence-corrected chi connectivity index (χ1v) is 9.80. The number of aryl methyl sites for hydroxylation is 2. The van der Waals surface area contributed by atoms with Gasteiger partial charge < -0.3 is 14.6 Å². The van der Waals surface area contributed by atoms with Crippen molar-refractivity contribution < 1.29 is 32.7 Å². The maximum Gasteiger partial charge on any atom is 0.344 e. The summed E-state index contributed by atoms with van der Waals surface area (Å²) in [6.07, 6.45) is -1.11. The molecule has 29 heavy (non-hydrogen) atoms. The van der Waals surface area contributed by atoms with Gasteiger partial charge in [0.15, 0.2) is 6.10 Å². The van der Waals surface area contributed by atoms with Gasteiger partial charge in [0, 0.05) is 0 Å². The zero-order valence-corrected chi connectivity index (χ0v) is 16.9. The zero-order chi connectivity index (χ0) is 21.9. The number of hydrogen-bond acceptors (Lipinski definition) is 7. The van der Waals surface area contributed by atoms with Crippen LogP contribution in [0.25, 0.3) is 0 Å². The summed E-state index contributed by atoms with van der Waals surface area (Å²) in [7, 11) is -2.84. The molecule has 0 aromatic heterocycles. The summed E-state index contributed by atoms with van der Waals surface area (Å²) in [6, 6.07) is 6.54. The second-order valence-electron chi connectivity index (χ2n) is 6.23. The van der Waals surface area contributed by atoms with Crippen LogP contribution in [0.15, 0.2) is 35.2 Å². The average Bonchev–Trinajstić information content (AvgIpc) is 2.60. The molecular formula is C18H20N2O8S. The fourth-order valence-corrected chi connectivity index (χ4v) is 4.26. The van der Waals surface area contributed by atoms with Gasteiger partial charge in [-0.05, 0) is 56.2 Å². The molecule has 1 atom stereocenters. The molecule has 0 spiro atoms. The van der Waals surface area contributed by atoms with Gasteiger partial charge in [0.2, 0.25) is 0 Å². The normalized spacial score (nSPS) is 12.1. The van der Waals surface area contributed by atoms with Gasteiger partial charge in [0.1, 0.15) is 17.2 Å². The van der Waals surface area contributed by atoms with E-state index in [9.17, 15) is 23.3 Å². The molecular weight excluding hydrogens is 404 g/mol. The van der Waals surface area contributed by atoms with Crippen LogP contribution in [0.3, 0.4) is 0 Å². The maximum atomic E-state index is 12.9. The predicted octanol–water partition coefficient (Wildman–Crippen LogP) is 2.87. The van der Waals surface area contributed by atoms with Crippen molar-refractivity contribution in [1.82, 2.24) is 0 Å². The van der Waals surface area contributed by atoms with Crippen LogP contribution in [0.5, 0.6) is 11.5 Å². The van der Waals surface area contributed by atoms with Crippen molar-refractivity contribution in [2.45, 2.75) is 31.8 Å². The highest BCUT2D eigenvalue weighted by Crippen LogP contribution is 2.33. The first kappa shape index (κ1) is 22.0. The van der Waals surface area contributed by atoms with E-state index >= 15 is 0 Å². The molecule has 0 saturated carbocycles. The molecule has 0 amide bonds. The number of hydrogen-bond donors (Lipinski definition) is 2. The minimum absolute atomic E-state index is 0.0852. The highest BCUT2D eigenvalue weighted by Gasteiger charge is 2.25. The molecule has 0 fully saturated rings. The van der Waals surface area contributed by atoms with Crippen molar-refractivity contribution in [2.24, 2.45) is 0 Å². The molecule has 0 bridgehead atoms. The molecule has 0 heterocycles. The lowest BCUT2D eigenvalue weighted by Gasteiger charge is -2.16. The van der Waals surface area contributed by atoms with Crippen molar-refractivity contribution in [3.8, 4) is 11.5 Å². The Morgan fingerprint density at radius 2 is 1.76 bits per heavy atom.